The van der Waals surface area contributed by atoms with Crippen LogP contribution in [0.3, 0.4) is 0 Å². The van der Waals surface area contributed by atoms with Gasteiger partial charge in [0.25, 0.3) is 12.3 Å². The number of alkyl halides is 2. The second-order valence-electron chi connectivity index (χ2n) is 8.84. The summed E-state index contributed by atoms with van der Waals surface area (Å²) in [5.41, 5.74) is -0.833. The number of aromatic amines is 1. The van der Waals surface area contributed by atoms with Crippen molar-refractivity contribution in [3.8, 4) is 17.2 Å². The molecule has 2 atom stereocenters. The first-order valence-corrected chi connectivity index (χ1v) is 11.3. The first-order chi connectivity index (χ1) is 17.2. The number of amides is 2. The molecule has 0 saturated heterocycles. The maximum Gasteiger partial charge on any atom is 0.408 e. The van der Waals surface area contributed by atoms with Crippen molar-refractivity contribution in [1.82, 2.24) is 15.5 Å². The van der Waals surface area contributed by atoms with Gasteiger partial charge >= 0.3 is 6.09 Å². The molecule has 13 heteroatoms. The van der Waals surface area contributed by atoms with E-state index in [9.17, 15) is 28.3 Å². The second-order valence-corrected chi connectivity index (χ2v) is 8.84. The van der Waals surface area contributed by atoms with E-state index < -0.39 is 36.7 Å². The van der Waals surface area contributed by atoms with Gasteiger partial charge < -0.3 is 30.0 Å². The van der Waals surface area contributed by atoms with Gasteiger partial charge in [-0.2, -0.15) is 5.10 Å². The number of methoxy groups -OCH3 is 1. The number of phenolic OH excluding ortho intramolecular Hbond substituents is 1. The molecule has 1 heterocycles. The maximum absolute atomic E-state index is 13.0. The van der Waals surface area contributed by atoms with Crippen LogP contribution in [-0.4, -0.2) is 65.4 Å². The summed E-state index contributed by atoms with van der Waals surface area (Å²) in [5.74, 6) is -0.419. The van der Waals surface area contributed by atoms with Gasteiger partial charge in [0.2, 0.25) is 0 Å². The monoisotopic (exact) mass is 508 g/mol. The molecule has 2 aromatic rings. The van der Waals surface area contributed by atoms with Gasteiger partial charge in [-0.3, -0.25) is 14.7 Å². The second kappa shape index (κ2) is 10.4. The number of benzene rings is 1. The molecule has 0 spiro atoms. The quantitative estimate of drug-likeness (QED) is 0.357. The fraction of sp³-hybridized carbons (Fsp3) is 0.478. The molecule has 2 saturated carbocycles. The number of hydrogen-bond donors (Lipinski definition) is 4. The third-order valence-electron chi connectivity index (χ3n) is 6.33. The zero-order valence-corrected chi connectivity index (χ0v) is 19.4. The Balaban J connectivity index is 1.26. The van der Waals surface area contributed by atoms with Crippen molar-refractivity contribution in [1.29, 1.82) is 0 Å². The molecule has 0 bridgehead atoms. The number of aromatic hydroxyl groups is 1. The molecular weight excluding hydrogens is 482 g/mol. The summed E-state index contributed by atoms with van der Waals surface area (Å²) in [6.45, 7) is -0.454. The lowest BCUT2D eigenvalue weighted by molar-refractivity contribution is -0.118. The molecule has 2 aliphatic rings. The normalized spacial score (nSPS) is 20.0. The fourth-order valence-electron chi connectivity index (χ4n) is 4.12. The Hall–Kier alpha value is -3.90. The van der Waals surface area contributed by atoms with Crippen LogP contribution in [0.25, 0.3) is 0 Å². The number of rotatable bonds is 10. The van der Waals surface area contributed by atoms with E-state index in [1.807, 2.05) is 0 Å². The number of anilines is 1. The predicted octanol–water partition coefficient (Wildman–Crippen LogP) is 3.11. The predicted molar refractivity (Wildman–Crippen MR) is 121 cm³/mol. The molecule has 1 aromatic heterocycles. The minimum Gasteiger partial charge on any atom is -0.507 e. The molecule has 1 aromatic carbocycles. The van der Waals surface area contributed by atoms with Gasteiger partial charge in [-0.15, -0.1) is 0 Å². The highest BCUT2D eigenvalue weighted by atomic mass is 19.3. The summed E-state index contributed by atoms with van der Waals surface area (Å²) < 4.78 is 41.7. The highest BCUT2D eigenvalue weighted by molar-refractivity contribution is 5.91. The Kier molecular flexibility index (Phi) is 7.27. The van der Waals surface area contributed by atoms with Gasteiger partial charge in [-0.05, 0) is 32.1 Å². The number of hydrogen-bond acceptors (Lipinski definition) is 8. The number of aldehydes is 1. The molecule has 0 aliphatic heterocycles. The van der Waals surface area contributed by atoms with Gasteiger partial charge in [-0.25, -0.2) is 13.6 Å². The average Bonchev–Trinajstić information content (AvgIpc) is 3.24. The van der Waals surface area contributed by atoms with Crippen molar-refractivity contribution in [2.24, 2.45) is 0 Å². The van der Waals surface area contributed by atoms with Crippen molar-refractivity contribution >= 4 is 24.1 Å². The van der Waals surface area contributed by atoms with E-state index in [4.69, 9.17) is 14.2 Å². The van der Waals surface area contributed by atoms with Crippen LogP contribution in [0, 0.1) is 0 Å². The Morgan fingerprint density at radius 1 is 1.31 bits per heavy atom. The van der Waals surface area contributed by atoms with Gasteiger partial charge in [-0.1, -0.05) is 0 Å². The number of carbonyl (C=O) groups excluding carboxylic acids is 3. The standard InChI is InChI=1S/C23H26F2N4O7/c1-34-14-7-17(31)15(10-30)18(8-14)35-11-20(32)26-19-9-16(28-29-19)12-2-3-13(6-12)36-22(33)27-23(4-5-23)21(24)25/h7-10,12-13,21,31H,2-6,11H2,1H3,(H,27,33)(H2,26,28,29,32). The SMILES string of the molecule is COc1cc(O)c(C=O)c(OCC(=O)Nc2cc(C3CCC(OC(=O)NC4(C(F)F)CC4)C3)[nH]n2)c1. The largest absolute Gasteiger partial charge is 0.507 e. The van der Waals surface area contributed by atoms with E-state index in [-0.39, 0.29) is 47.4 Å². The van der Waals surface area contributed by atoms with Gasteiger partial charge in [0, 0.05) is 29.8 Å². The summed E-state index contributed by atoms with van der Waals surface area (Å²) in [6, 6.07) is 4.27. The third-order valence-corrected chi connectivity index (χ3v) is 6.33. The third kappa shape index (κ3) is 5.66. The fourth-order valence-corrected chi connectivity index (χ4v) is 4.12. The Bertz CT molecular complexity index is 1140. The number of carbonyl (C=O) groups is 3. The van der Waals surface area contributed by atoms with Gasteiger partial charge in [0.15, 0.2) is 18.7 Å². The highest BCUT2D eigenvalue weighted by Gasteiger charge is 2.53. The van der Waals surface area contributed by atoms with Crippen molar-refractivity contribution in [3.63, 3.8) is 0 Å². The topological polar surface area (TPSA) is 152 Å². The van der Waals surface area contributed by atoms with Crippen molar-refractivity contribution in [3.05, 3.63) is 29.5 Å². The van der Waals surface area contributed by atoms with Crippen molar-refractivity contribution in [2.75, 3.05) is 19.0 Å². The number of nitrogens with one attached hydrogen (secondary N) is 3. The van der Waals surface area contributed by atoms with Crippen LogP contribution in [0.15, 0.2) is 18.2 Å². The molecule has 2 aliphatic carbocycles. The highest BCUT2D eigenvalue weighted by Crippen LogP contribution is 2.41. The van der Waals surface area contributed by atoms with Gasteiger partial charge in [0.05, 0.1) is 12.7 Å². The summed E-state index contributed by atoms with van der Waals surface area (Å²) in [6.07, 6.45) is -1.25. The minimum absolute atomic E-state index is 0.0121. The van der Waals surface area contributed by atoms with Crippen LogP contribution in [-0.2, 0) is 9.53 Å². The van der Waals surface area contributed by atoms with E-state index in [1.165, 1.54) is 19.2 Å². The van der Waals surface area contributed by atoms with Crippen LogP contribution >= 0.6 is 0 Å². The summed E-state index contributed by atoms with van der Waals surface area (Å²) in [7, 11) is 1.38. The first-order valence-electron chi connectivity index (χ1n) is 11.3. The van der Waals surface area contributed by atoms with Crippen LogP contribution in [0.1, 0.15) is 54.1 Å². The lowest BCUT2D eigenvalue weighted by Crippen LogP contribution is -2.43. The number of nitrogens with zero attached hydrogens (tertiary/aromatic N) is 1. The molecule has 0 radical (unpaired) electrons. The number of halogens is 2. The smallest absolute Gasteiger partial charge is 0.408 e. The molecule has 2 unspecified atom stereocenters. The first kappa shape index (κ1) is 25.2. The molecule has 4 rings (SSSR count). The molecule has 2 amide bonds. The zero-order valence-electron chi connectivity index (χ0n) is 19.4. The molecule has 4 N–H and O–H groups in total. The molecule has 2 fully saturated rings. The summed E-state index contributed by atoms with van der Waals surface area (Å²) in [5, 5.41) is 21.6. The van der Waals surface area contributed by atoms with Gasteiger partial charge in [0.1, 0.15) is 28.9 Å². The lowest BCUT2D eigenvalue weighted by atomic mass is 10.0. The minimum atomic E-state index is -2.62. The maximum atomic E-state index is 13.0. The lowest BCUT2D eigenvalue weighted by Gasteiger charge is -2.18. The number of H-pyrrole nitrogens is 1. The van der Waals surface area contributed by atoms with Crippen LogP contribution < -0.4 is 20.1 Å². The van der Waals surface area contributed by atoms with E-state index in [0.717, 1.165) is 5.69 Å². The number of ether oxygens (including phenoxy) is 3. The van der Waals surface area contributed by atoms with Crippen molar-refractivity contribution < 1.29 is 42.5 Å². The van der Waals surface area contributed by atoms with E-state index in [2.05, 4.69) is 20.8 Å². The zero-order chi connectivity index (χ0) is 25.9. The van der Waals surface area contributed by atoms with Crippen LogP contribution in [0.4, 0.5) is 19.4 Å². The molecule has 11 nitrogen and oxygen atoms in total. The number of aromatic nitrogens is 2. The Labute approximate surface area is 204 Å². The Morgan fingerprint density at radius 3 is 2.75 bits per heavy atom. The van der Waals surface area contributed by atoms with Crippen molar-refractivity contribution in [2.45, 2.75) is 56.1 Å². The average molecular weight is 508 g/mol. The van der Waals surface area contributed by atoms with E-state index in [1.54, 1.807) is 6.07 Å². The molecular formula is C23H26F2N4O7. The summed E-state index contributed by atoms with van der Waals surface area (Å²) in [4.78, 5) is 35.5. The molecule has 194 valence electrons. The number of phenols is 1. The van der Waals surface area contributed by atoms with Crippen LogP contribution in [0.5, 0.6) is 17.2 Å². The summed E-state index contributed by atoms with van der Waals surface area (Å²) >= 11 is 0. The van der Waals surface area contributed by atoms with E-state index >= 15 is 0 Å². The van der Waals surface area contributed by atoms with E-state index in [0.29, 0.717) is 25.5 Å². The Morgan fingerprint density at radius 2 is 2.08 bits per heavy atom. The van der Waals surface area contributed by atoms with Crippen LogP contribution in [0.2, 0.25) is 0 Å². The number of alkyl carbamates (subject to hydrolysis) is 1. The molecule has 36 heavy (non-hydrogen) atoms.